The second-order valence-corrected chi connectivity index (χ2v) is 11.4. The second-order valence-electron chi connectivity index (χ2n) is 9.50. The van der Waals surface area contributed by atoms with Crippen LogP contribution < -0.4 is 9.62 Å². The van der Waals surface area contributed by atoms with Gasteiger partial charge in [0.1, 0.15) is 18.4 Å². The van der Waals surface area contributed by atoms with E-state index in [1.807, 2.05) is 38.1 Å². The van der Waals surface area contributed by atoms with Crippen LogP contribution in [-0.4, -0.2) is 50.0 Å². The van der Waals surface area contributed by atoms with Gasteiger partial charge in [0.25, 0.3) is 0 Å². The summed E-state index contributed by atoms with van der Waals surface area (Å²) >= 11 is 0. The lowest BCUT2D eigenvalue weighted by molar-refractivity contribution is -0.140. The number of rotatable bonds is 10. The third-order valence-corrected chi connectivity index (χ3v) is 7.74. The summed E-state index contributed by atoms with van der Waals surface area (Å²) in [6.07, 6.45) is 6.36. The maximum Gasteiger partial charge on any atom is 0.244 e. The van der Waals surface area contributed by atoms with Gasteiger partial charge in [0, 0.05) is 12.6 Å². The van der Waals surface area contributed by atoms with Gasteiger partial charge in [0.2, 0.25) is 21.8 Å². The van der Waals surface area contributed by atoms with Crippen molar-refractivity contribution in [3.63, 3.8) is 0 Å². The largest absolute Gasteiger partial charge is 0.352 e. The van der Waals surface area contributed by atoms with Crippen LogP contribution in [-0.2, 0) is 26.2 Å². The van der Waals surface area contributed by atoms with Crippen molar-refractivity contribution in [2.45, 2.75) is 71.0 Å². The zero-order valence-electron chi connectivity index (χ0n) is 21.2. The standard InChI is InChI=1S/C27H36FN3O4S/c1-4-24(27(33)29-22-10-6-5-7-11-22)30(18-21-16-14-20(2)15-17-21)26(32)19-31(36(3,34)35)25-13-9-8-12-23(25)28/h8-9,12-17,22,24H,4-7,10-11,18-19H2,1-3H3,(H,29,33). The SMILES string of the molecule is CCC(C(=O)NC1CCCCC1)N(Cc1ccc(C)cc1)C(=O)CN(c1ccccc1F)S(C)(=O)=O. The van der Waals surface area contributed by atoms with Crippen molar-refractivity contribution in [1.29, 1.82) is 0 Å². The molecule has 196 valence electrons. The number of anilines is 1. The van der Waals surface area contributed by atoms with E-state index in [0.717, 1.165) is 59.9 Å². The Morgan fingerprint density at radius 1 is 1.06 bits per heavy atom. The van der Waals surface area contributed by atoms with Gasteiger partial charge < -0.3 is 10.2 Å². The van der Waals surface area contributed by atoms with Crippen LogP contribution in [0.15, 0.2) is 48.5 Å². The summed E-state index contributed by atoms with van der Waals surface area (Å²) in [5.41, 5.74) is 1.67. The summed E-state index contributed by atoms with van der Waals surface area (Å²) < 4.78 is 40.5. The first-order valence-corrected chi connectivity index (χ1v) is 14.3. The smallest absolute Gasteiger partial charge is 0.244 e. The Morgan fingerprint density at radius 3 is 2.28 bits per heavy atom. The molecule has 2 amide bonds. The van der Waals surface area contributed by atoms with Crippen molar-refractivity contribution in [2.24, 2.45) is 0 Å². The van der Waals surface area contributed by atoms with E-state index in [1.165, 1.54) is 23.1 Å². The maximum absolute atomic E-state index is 14.5. The van der Waals surface area contributed by atoms with Crippen LogP contribution in [0.4, 0.5) is 10.1 Å². The van der Waals surface area contributed by atoms with Crippen LogP contribution in [0.25, 0.3) is 0 Å². The van der Waals surface area contributed by atoms with Crippen molar-refractivity contribution in [1.82, 2.24) is 10.2 Å². The first-order chi connectivity index (χ1) is 17.1. The second kappa shape index (κ2) is 12.3. The zero-order valence-corrected chi connectivity index (χ0v) is 22.1. The summed E-state index contributed by atoms with van der Waals surface area (Å²) in [5.74, 6) is -1.57. The molecule has 1 fully saturated rings. The van der Waals surface area contributed by atoms with Gasteiger partial charge in [-0.3, -0.25) is 13.9 Å². The van der Waals surface area contributed by atoms with E-state index >= 15 is 0 Å². The summed E-state index contributed by atoms with van der Waals surface area (Å²) in [7, 11) is -3.98. The van der Waals surface area contributed by atoms with Gasteiger partial charge in [-0.15, -0.1) is 0 Å². The van der Waals surface area contributed by atoms with Gasteiger partial charge in [-0.2, -0.15) is 0 Å². The molecule has 0 spiro atoms. The van der Waals surface area contributed by atoms with Gasteiger partial charge in [-0.25, -0.2) is 12.8 Å². The number of carbonyl (C=O) groups is 2. The molecule has 9 heteroatoms. The molecule has 1 saturated carbocycles. The molecule has 3 rings (SSSR count). The Labute approximate surface area is 213 Å². The molecule has 0 heterocycles. The van der Waals surface area contributed by atoms with Crippen molar-refractivity contribution >= 4 is 27.5 Å². The van der Waals surface area contributed by atoms with E-state index < -0.39 is 34.3 Å². The number of nitrogens with one attached hydrogen (secondary N) is 1. The van der Waals surface area contributed by atoms with Gasteiger partial charge in [0.15, 0.2) is 0 Å². The van der Waals surface area contributed by atoms with Crippen molar-refractivity contribution < 1.29 is 22.4 Å². The van der Waals surface area contributed by atoms with Gasteiger partial charge in [-0.1, -0.05) is 68.1 Å². The molecule has 1 aliphatic rings. The predicted molar refractivity (Wildman–Crippen MR) is 139 cm³/mol. The highest BCUT2D eigenvalue weighted by atomic mass is 32.2. The summed E-state index contributed by atoms with van der Waals surface area (Å²) in [6, 6.07) is 12.3. The van der Waals surface area contributed by atoms with Crippen molar-refractivity contribution in [3.8, 4) is 0 Å². The van der Waals surface area contributed by atoms with Gasteiger partial charge in [0.05, 0.1) is 11.9 Å². The van der Waals surface area contributed by atoms with Crippen LogP contribution in [0.1, 0.15) is 56.6 Å². The Bertz CT molecular complexity index is 1150. The number of aryl methyl sites for hydroxylation is 1. The van der Waals surface area contributed by atoms with Crippen LogP contribution in [0.2, 0.25) is 0 Å². The Kier molecular flexibility index (Phi) is 9.48. The maximum atomic E-state index is 14.5. The third kappa shape index (κ3) is 7.29. The molecule has 0 saturated heterocycles. The number of hydrogen-bond donors (Lipinski definition) is 1. The molecule has 0 bridgehead atoms. The van der Waals surface area contributed by atoms with Gasteiger partial charge >= 0.3 is 0 Å². The topological polar surface area (TPSA) is 86.8 Å². The first-order valence-electron chi connectivity index (χ1n) is 12.5. The van der Waals surface area contributed by atoms with Crippen LogP contribution in [0, 0.1) is 12.7 Å². The highest BCUT2D eigenvalue weighted by Gasteiger charge is 2.33. The van der Waals surface area contributed by atoms with Crippen molar-refractivity contribution in [2.75, 3.05) is 17.1 Å². The number of amides is 2. The predicted octanol–water partition coefficient (Wildman–Crippen LogP) is 4.16. The molecule has 1 N–H and O–H groups in total. The van der Waals surface area contributed by atoms with E-state index in [2.05, 4.69) is 5.32 Å². The minimum absolute atomic E-state index is 0.0718. The Morgan fingerprint density at radius 2 is 1.69 bits per heavy atom. The number of sulfonamides is 1. The molecule has 1 aliphatic carbocycles. The monoisotopic (exact) mass is 517 g/mol. The Hall–Kier alpha value is -2.94. The molecule has 36 heavy (non-hydrogen) atoms. The summed E-state index contributed by atoms with van der Waals surface area (Å²) in [6.45, 7) is 3.30. The molecule has 2 aromatic rings. The van der Waals surface area contributed by atoms with E-state index in [1.54, 1.807) is 0 Å². The fourth-order valence-electron chi connectivity index (χ4n) is 4.60. The van der Waals surface area contributed by atoms with Crippen LogP contribution in [0.3, 0.4) is 0 Å². The lowest BCUT2D eigenvalue weighted by atomic mass is 9.95. The van der Waals surface area contributed by atoms with Crippen molar-refractivity contribution in [3.05, 3.63) is 65.5 Å². The normalized spacial score (nSPS) is 15.2. The number of hydrogen-bond acceptors (Lipinski definition) is 4. The average molecular weight is 518 g/mol. The average Bonchev–Trinajstić information content (AvgIpc) is 2.84. The molecule has 0 aliphatic heterocycles. The zero-order chi connectivity index (χ0) is 26.3. The molecule has 0 aromatic heterocycles. The minimum Gasteiger partial charge on any atom is -0.352 e. The molecule has 1 atom stereocenters. The van der Waals surface area contributed by atoms with E-state index in [4.69, 9.17) is 0 Å². The van der Waals surface area contributed by atoms with Gasteiger partial charge in [-0.05, 0) is 43.9 Å². The number of halogens is 1. The molecule has 2 aromatic carbocycles. The molecular formula is C27H36FN3O4S. The summed E-state index contributed by atoms with van der Waals surface area (Å²) in [5, 5.41) is 3.10. The molecule has 0 radical (unpaired) electrons. The highest BCUT2D eigenvalue weighted by molar-refractivity contribution is 7.92. The van der Waals surface area contributed by atoms with E-state index in [-0.39, 0.29) is 24.2 Å². The summed E-state index contributed by atoms with van der Waals surface area (Å²) in [4.78, 5) is 28.4. The molecular weight excluding hydrogens is 481 g/mol. The number of carbonyl (C=O) groups excluding carboxylic acids is 2. The molecule has 1 unspecified atom stereocenters. The lowest BCUT2D eigenvalue weighted by Crippen LogP contribution is -2.54. The van der Waals surface area contributed by atoms with E-state index in [0.29, 0.717) is 6.42 Å². The van der Waals surface area contributed by atoms with E-state index in [9.17, 15) is 22.4 Å². The lowest BCUT2D eigenvalue weighted by Gasteiger charge is -2.34. The quantitative estimate of drug-likeness (QED) is 0.513. The molecule has 7 nitrogen and oxygen atoms in total. The fraction of sp³-hybridized carbons (Fsp3) is 0.481. The van der Waals surface area contributed by atoms with Crippen LogP contribution in [0.5, 0.6) is 0 Å². The number of benzene rings is 2. The van der Waals surface area contributed by atoms with Crippen LogP contribution >= 0.6 is 0 Å². The first kappa shape index (κ1) is 27.6. The third-order valence-electron chi connectivity index (χ3n) is 6.61. The highest BCUT2D eigenvalue weighted by Crippen LogP contribution is 2.23. The fourth-order valence-corrected chi connectivity index (χ4v) is 5.45. The Balaban J connectivity index is 1.91. The minimum atomic E-state index is -3.98. The number of para-hydroxylation sites is 1. The number of nitrogens with zero attached hydrogens (tertiary/aromatic N) is 2.